The Morgan fingerprint density at radius 1 is 1.10 bits per heavy atom. The molecule has 0 spiro atoms. The Kier molecular flexibility index (Phi) is 3.81. The summed E-state index contributed by atoms with van der Waals surface area (Å²) in [5.41, 5.74) is 7.50. The third kappa shape index (κ3) is 2.99. The SMILES string of the molecule is Cc1ccc(S(=O)(=O)Cc2ccc(N)cc2F)c(C)c1. The Balaban J connectivity index is 2.41. The molecule has 0 bridgehead atoms. The van der Waals surface area contributed by atoms with Gasteiger partial charge in [-0.05, 0) is 37.6 Å². The van der Waals surface area contributed by atoms with Gasteiger partial charge in [-0.1, -0.05) is 23.8 Å². The molecule has 0 saturated carbocycles. The van der Waals surface area contributed by atoms with Crippen molar-refractivity contribution in [2.24, 2.45) is 0 Å². The fraction of sp³-hybridized carbons (Fsp3) is 0.200. The smallest absolute Gasteiger partial charge is 0.182 e. The average molecular weight is 293 g/mol. The summed E-state index contributed by atoms with van der Waals surface area (Å²) in [6.45, 7) is 3.63. The molecule has 0 aliphatic rings. The van der Waals surface area contributed by atoms with Crippen molar-refractivity contribution >= 4 is 15.5 Å². The molecule has 0 saturated heterocycles. The van der Waals surface area contributed by atoms with E-state index in [1.165, 1.54) is 12.1 Å². The molecule has 5 heteroatoms. The Morgan fingerprint density at radius 2 is 1.80 bits per heavy atom. The summed E-state index contributed by atoms with van der Waals surface area (Å²) in [5.74, 6) is -0.971. The molecule has 2 rings (SSSR count). The highest BCUT2D eigenvalue weighted by Gasteiger charge is 2.19. The normalized spacial score (nSPS) is 11.6. The summed E-state index contributed by atoms with van der Waals surface area (Å²) in [4.78, 5) is 0.235. The van der Waals surface area contributed by atoms with Gasteiger partial charge in [0.05, 0.1) is 10.6 Å². The first-order valence-electron chi connectivity index (χ1n) is 6.13. The number of sulfone groups is 1. The summed E-state index contributed by atoms with van der Waals surface area (Å²) in [5, 5.41) is 0. The largest absolute Gasteiger partial charge is 0.399 e. The van der Waals surface area contributed by atoms with Crippen molar-refractivity contribution < 1.29 is 12.8 Å². The predicted octanol–water partition coefficient (Wildman–Crippen LogP) is 3.00. The van der Waals surface area contributed by atoms with Crippen LogP contribution in [0, 0.1) is 19.7 Å². The zero-order chi connectivity index (χ0) is 14.9. The van der Waals surface area contributed by atoms with Gasteiger partial charge in [0.15, 0.2) is 9.84 Å². The number of halogens is 1. The van der Waals surface area contributed by atoms with E-state index in [1.54, 1.807) is 25.1 Å². The van der Waals surface area contributed by atoms with Crippen LogP contribution in [0.25, 0.3) is 0 Å². The van der Waals surface area contributed by atoms with Gasteiger partial charge >= 0.3 is 0 Å². The van der Waals surface area contributed by atoms with Crippen LogP contribution in [-0.4, -0.2) is 8.42 Å². The van der Waals surface area contributed by atoms with Crippen LogP contribution in [0.4, 0.5) is 10.1 Å². The number of benzene rings is 2. The van der Waals surface area contributed by atoms with Gasteiger partial charge in [-0.2, -0.15) is 0 Å². The molecule has 0 atom stereocenters. The van der Waals surface area contributed by atoms with E-state index in [-0.39, 0.29) is 21.9 Å². The molecule has 106 valence electrons. The topological polar surface area (TPSA) is 60.2 Å². The fourth-order valence-corrected chi connectivity index (χ4v) is 3.74. The van der Waals surface area contributed by atoms with Gasteiger partial charge < -0.3 is 5.73 Å². The zero-order valence-electron chi connectivity index (χ0n) is 11.4. The van der Waals surface area contributed by atoms with Gasteiger partial charge in [-0.3, -0.25) is 0 Å². The highest BCUT2D eigenvalue weighted by molar-refractivity contribution is 7.90. The molecule has 3 nitrogen and oxygen atoms in total. The molecule has 0 unspecified atom stereocenters. The number of hydrogen-bond acceptors (Lipinski definition) is 3. The third-order valence-electron chi connectivity index (χ3n) is 3.09. The van der Waals surface area contributed by atoms with Crippen molar-refractivity contribution in [2.45, 2.75) is 24.5 Å². The molecule has 0 radical (unpaired) electrons. The van der Waals surface area contributed by atoms with Crippen LogP contribution >= 0.6 is 0 Å². The van der Waals surface area contributed by atoms with Crippen LogP contribution in [-0.2, 0) is 15.6 Å². The standard InChI is InChI=1S/C15H16FNO2S/c1-10-3-6-15(11(2)7-10)20(18,19)9-12-4-5-13(17)8-14(12)16/h3-8H,9,17H2,1-2H3. The highest BCUT2D eigenvalue weighted by atomic mass is 32.2. The maximum Gasteiger partial charge on any atom is 0.182 e. The van der Waals surface area contributed by atoms with E-state index in [9.17, 15) is 12.8 Å². The van der Waals surface area contributed by atoms with Crippen molar-refractivity contribution in [3.63, 3.8) is 0 Å². The molecular formula is C15H16FNO2S. The van der Waals surface area contributed by atoms with Crippen LogP contribution in [0.3, 0.4) is 0 Å². The minimum atomic E-state index is -3.58. The highest BCUT2D eigenvalue weighted by Crippen LogP contribution is 2.23. The molecule has 2 aromatic carbocycles. The van der Waals surface area contributed by atoms with Crippen molar-refractivity contribution in [1.82, 2.24) is 0 Å². The lowest BCUT2D eigenvalue weighted by Gasteiger charge is -2.09. The summed E-state index contributed by atoms with van der Waals surface area (Å²) >= 11 is 0. The van der Waals surface area contributed by atoms with Gasteiger partial charge in [0.25, 0.3) is 0 Å². The number of hydrogen-bond donors (Lipinski definition) is 1. The lowest BCUT2D eigenvalue weighted by atomic mass is 10.2. The lowest BCUT2D eigenvalue weighted by Crippen LogP contribution is -2.08. The number of rotatable bonds is 3. The molecule has 0 aliphatic heterocycles. The van der Waals surface area contributed by atoms with E-state index in [2.05, 4.69) is 0 Å². The number of anilines is 1. The monoisotopic (exact) mass is 293 g/mol. The van der Waals surface area contributed by atoms with Gasteiger partial charge in [-0.15, -0.1) is 0 Å². The first kappa shape index (κ1) is 14.5. The van der Waals surface area contributed by atoms with Crippen LogP contribution in [0.15, 0.2) is 41.3 Å². The Morgan fingerprint density at radius 3 is 2.40 bits per heavy atom. The van der Waals surface area contributed by atoms with Crippen molar-refractivity contribution in [3.8, 4) is 0 Å². The lowest BCUT2D eigenvalue weighted by molar-refractivity contribution is 0.586. The minimum Gasteiger partial charge on any atom is -0.399 e. The van der Waals surface area contributed by atoms with E-state index in [0.717, 1.165) is 11.6 Å². The third-order valence-corrected chi connectivity index (χ3v) is 4.91. The molecule has 20 heavy (non-hydrogen) atoms. The summed E-state index contributed by atoms with van der Waals surface area (Å²) in [6, 6.07) is 9.13. The average Bonchev–Trinajstić information content (AvgIpc) is 2.32. The first-order chi connectivity index (χ1) is 9.29. The van der Waals surface area contributed by atoms with Gasteiger partial charge in [-0.25, -0.2) is 12.8 Å². The zero-order valence-corrected chi connectivity index (χ0v) is 12.2. The summed E-state index contributed by atoms with van der Waals surface area (Å²) < 4.78 is 38.5. The quantitative estimate of drug-likeness (QED) is 0.885. The minimum absolute atomic E-state index is 0.124. The van der Waals surface area contributed by atoms with Gasteiger partial charge in [0, 0.05) is 11.3 Å². The van der Waals surface area contributed by atoms with E-state index < -0.39 is 15.7 Å². The number of nitrogen functional groups attached to an aromatic ring is 1. The predicted molar refractivity (Wildman–Crippen MR) is 77.6 cm³/mol. The maximum atomic E-state index is 13.7. The molecule has 0 fully saturated rings. The molecule has 0 heterocycles. The van der Waals surface area contributed by atoms with Crippen molar-refractivity contribution in [3.05, 3.63) is 58.9 Å². The Labute approximate surface area is 118 Å². The Bertz CT molecular complexity index is 754. The van der Waals surface area contributed by atoms with Crippen LogP contribution in [0.5, 0.6) is 0 Å². The molecule has 0 aromatic heterocycles. The maximum absolute atomic E-state index is 13.7. The van der Waals surface area contributed by atoms with Gasteiger partial charge in [0.2, 0.25) is 0 Å². The van der Waals surface area contributed by atoms with E-state index in [1.807, 2.05) is 6.92 Å². The van der Waals surface area contributed by atoms with Crippen LogP contribution < -0.4 is 5.73 Å². The second-order valence-electron chi connectivity index (χ2n) is 4.88. The molecule has 0 amide bonds. The molecule has 0 aliphatic carbocycles. The van der Waals surface area contributed by atoms with Crippen molar-refractivity contribution in [2.75, 3.05) is 5.73 Å². The second-order valence-corrected chi connectivity index (χ2v) is 6.84. The van der Waals surface area contributed by atoms with Crippen molar-refractivity contribution in [1.29, 1.82) is 0 Å². The molecule has 2 N–H and O–H groups in total. The number of aryl methyl sites for hydroxylation is 2. The second kappa shape index (κ2) is 5.25. The summed E-state index contributed by atoms with van der Waals surface area (Å²) in [6.07, 6.45) is 0. The summed E-state index contributed by atoms with van der Waals surface area (Å²) in [7, 11) is -3.58. The fourth-order valence-electron chi connectivity index (χ4n) is 2.11. The molecular weight excluding hydrogens is 277 g/mol. The van der Waals surface area contributed by atoms with E-state index >= 15 is 0 Å². The molecule has 2 aromatic rings. The Hall–Kier alpha value is -1.88. The van der Waals surface area contributed by atoms with Crippen LogP contribution in [0.1, 0.15) is 16.7 Å². The van der Waals surface area contributed by atoms with E-state index in [0.29, 0.717) is 5.56 Å². The van der Waals surface area contributed by atoms with E-state index in [4.69, 9.17) is 5.73 Å². The first-order valence-corrected chi connectivity index (χ1v) is 7.79. The van der Waals surface area contributed by atoms with Gasteiger partial charge in [0.1, 0.15) is 5.82 Å². The van der Waals surface area contributed by atoms with Crippen LogP contribution in [0.2, 0.25) is 0 Å². The number of nitrogens with two attached hydrogens (primary N) is 1.